The molecule has 0 unspecified atom stereocenters. The molecule has 0 atom stereocenters. The number of para-hydroxylation sites is 1. The Kier molecular flexibility index (Phi) is 6.76. The lowest BCUT2D eigenvalue weighted by Gasteiger charge is -2.28. The maximum Gasteiger partial charge on any atom is 0.256 e. The van der Waals surface area contributed by atoms with Gasteiger partial charge in [-0.25, -0.2) is 0 Å². The highest BCUT2D eigenvalue weighted by Gasteiger charge is 2.22. The van der Waals surface area contributed by atoms with Gasteiger partial charge in [-0.05, 0) is 65.4 Å². The van der Waals surface area contributed by atoms with Gasteiger partial charge in [-0.3, -0.25) is 4.79 Å². The summed E-state index contributed by atoms with van der Waals surface area (Å²) in [5.74, 6) is 3.38. The standard InChI is InChI=1S/C27H34N2OS/c1-27(2,3)23-9-7-21(8-10-23)19-29(16-12-20-13-17-31-18-14-20)26(30)24-6-4-5-22-11-15-28-25(22)24/h4-11,15,20,28H,12-14,16-19H2,1-3H3. The second-order valence-corrected chi connectivity index (χ2v) is 11.0. The van der Waals surface area contributed by atoms with Crippen molar-refractivity contribution in [2.75, 3.05) is 18.1 Å². The minimum Gasteiger partial charge on any atom is -0.361 e. The molecule has 1 saturated heterocycles. The molecule has 0 saturated carbocycles. The van der Waals surface area contributed by atoms with E-state index >= 15 is 0 Å². The van der Waals surface area contributed by atoms with E-state index in [1.807, 2.05) is 24.4 Å². The third-order valence-corrected chi connectivity index (χ3v) is 7.50. The van der Waals surface area contributed by atoms with Gasteiger partial charge < -0.3 is 9.88 Å². The predicted octanol–water partition coefficient (Wildman–Crippen LogP) is 6.64. The molecular weight excluding hydrogens is 400 g/mol. The number of benzene rings is 2. The van der Waals surface area contributed by atoms with Gasteiger partial charge >= 0.3 is 0 Å². The van der Waals surface area contributed by atoms with Crippen molar-refractivity contribution in [3.05, 3.63) is 71.4 Å². The fourth-order valence-corrected chi connectivity index (χ4v) is 5.59. The van der Waals surface area contributed by atoms with Crippen LogP contribution in [0.3, 0.4) is 0 Å². The van der Waals surface area contributed by atoms with Gasteiger partial charge in [-0.15, -0.1) is 0 Å². The summed E-state index contributed by atoms with van der Waals surface area (Å²) in [4.78, 5) is 19.0. The van der Waals surface area contributed by atoms with Gasteiger partial charge in [0.05, 0.1) is 11.1 Å². The molecule has 4 rings (SSSR count). The zero-order chi connectivity index (χ0) is 21.8. The van der Waals surface area contributed by atoms with Gasteiger partial charge in [0.2, 0.25) is 0 Å². The van der Waals surface area contributed by atoms with Crippen LogP contribution in [0.15, 0.2) is 54.7 Å². The van der Waals surface area contributed by atoms with Crippen molar-refractivity contribution in [2.45, 2.75) is 52.0 Å². The zero-order valence-corrected chi connectivity index (χ0v) is 19.8. The third kappa shape index (κ3) is 5.35. The summed E-state index contributed by atoms with van der Waals surface area (Å²) in [6, 6.07) is 16.8. The van der Waals surface area contributed by atoms with Gasteiger partial charge in [0.1, 0.15) is 0 Å². The van der Waals surface area contributed by atoms with Crippen molar-refractivity contribution in [3.8, 4) is 0 Å². The molecule has 1 N–H and O–H groups in total. The first-order valence-electron chi connectivity index (χ1n) is 11.4. The maximum absolute atomic E-state index is 13.7. The molecule has 31 heavy (non-hydrogen) atoms. The number of hydrogen-bond acceptors (Lipinski definition) is 2. The number of aromatic nitrogens is 1. The van der Waals surface area contributed by atoms with E-state index in [2.05, 4.69) is 72.7 Å². The summed E-state index contributed by atoms with van der Waals surface area (Å²) in [6.07, 6.45) is 5.56. The number of rotatable bonds is 6. The van der Waals surface area contributed by atoms with Crippen LogP contribution in [-0.2, 0) is 12.0 Å². The highest BCUT2D eigenvalue weighted by Crippen LogP contribution is 2.27. The van der Waals surface area contributed by atoms with Crippen molar-refractivity contribution in [3.63, 3.8) is 0 Å². The van der Waals surface area contributed by atoms with E-state index in [1.54, 1.807) is 0 Å². The van der Waals surface area contributed by atoms with E-state index in [4.69, 9.17) is 0 Å². The summed E-state index contributed by atoms with van der Waals surface area (Å²) in [5.41, 5.74) is 4.36. The topological polar surface area (TPSA) is 36.1 Å². The largest absolute Gasteiger partial charge is 0.361 e. The fraction of sp³-hybridized carbons (Fsp3) is 0.444. The van der Waals surface area contributed by atoms with Crippen LogP contribution in [0.2, 0.25) is 0 Å². The third-order valence-electron chi connectivity index (χ3n) is 6.45. The number of fused-ring (bicyclic) bond motifs is 1. The van der Waals surface area contributed by atoms with Gasteiger partial charge in [-0.1, -0.05) is 57.2 Å². The lowest BCUT2D eigenvalue weighted by Crippen LogP contribution is -2.33. The number of thioether (sulfide) groups is 1. The number of H-pyrrole nitrogens is 1. The quantitative estimate of drug-likeness (QED) is 0.472. The molecule has 1 fully saturated rings. The highest BCUT2D eigenvalue weighted by molar-refractivity contribution is 7.99. The molecule has 3 aromatic rings. The molecule has 2 heterocycles. The van der Waals surface area contributed by atoms with E-state index in [9.17, 15) is 4.79 Å². The molecule has 1 amide bonds. The Hall–Kier alpha value is -2.20. The Bertz CT molecular complexity index is 1010. The Labute approximate surface area is 190 Å². The van der Waals surface area contributed by atoms with E-state index in [-0.39, 0.29) is 11.3 Å². The number of carbonyl (C=O) groups excluding carboxylic acids is 1. The number of aromatic amines is 1. The number of amides is 1. The van der Waals surface area contributed by atoms with Gasteiger partial charge in [0, 0.05) is 24.7 Å². The van der Waals surface area contributed by atoms with Crippen LogP contribution in [0.4, 0.5) is 0 Å². The molecule has 0 bridgehead atoms. The lowest BCUT2D eigenvalue weighted by molar-refractivity contribution is 0.0733. The van der Waals surface area contributed by atoms with Gasteiger partial charge in [0.15, 0.2) is 0 Å². The van der Waals surface area contributed by atoms with Crippen molar-refractivity contribution in [2.24, 2.45) is 5.92 Å². The Morgan fingerprint density at radius 3 is 2.52 bits per heavy atom. The molecule has 1 aliphatic rings. The van der Waals surface area contributed by atoms with E-state index in [0.29, 0.717) is 6.54 Å². The normalized spacial score (nSPS) is 15.3. The molecule has 1 aromatic heterocycles. The molecule has 3 nitrogen and oxygen atoms in total. The fourth-order valence-electron chi connectivity index (χ4n) is 4.39. The van der Waals surface area contributed by atoms with Crippen LogP contribution in [0.1, 0.15) is 61.5 Å². The Morgan fingerprint density at radius 2 is 1.81 bits per heavy atom. The van der Waals surface area contributed by atoms with E-state index in [1.165, 1.54) is 35.5 Å². The summed E-state index contributed by atoms with van der Waals surface area (Å²) < 4.78 is 0. The minimum absolute atomic E-state index is 0.123. The number of hydrogen-bond donors (Lipinski definition) is 1. The number of nitrogens with zero attached hydrogens (tertiary/aromatic N) is 1. The summed E-state index contributed by atoms with van der Waals surface area (Å²) >= 11 is 2.06. The van der Waals surface area contributed by atoms with Crippen LogP contribution in [0.25, 0.3) is 10.9 Å². The Morgan fingerprint density at radius 1 is 1.06 bits per heavy atom. The summed E-state index contributed by atoms with van der Waals surface area (Å²) in [5, 5.41) is 1.09. The summed E-state index contributed by atoms with van der Waals surface area (Å²) in [6.45, 7) is 8.17. The SMILES string of the molecule is CC(C)(C)c1ccc(CN(CCC2CCSCC2)C(=O)c2cccc3cc[nH]c23)cc1. The Balaban J connectivity index is 1.56. The molecule has 4 heteroatoms. The number of nitrogens with one attached hydrogen (secondary N) is 1. The van der Waals surface area contributed by atoms with Crippen LogP contribution < -0.4 is 0 Å². The first-order chi connectivity index (χ1) is 14.9. The lowest BCUT2D eigenvalue weighted by atomic mass is 9.86. The second-order valence-electron chi connectivity index (χ2n) is 9.77. The van der Waals surface area contributed by atoms with Crippen molar-refractivity contribution < 1.29 is 4.79 Å². The van der Waals surface area contributed by atoms with Crippen LogP contribution in [0.5, 0.6) is 0 Å². The summed E-state index contributed by atoms with van der Waals surface area (Å²) in [7, 11) is 0. The van der Waals surface area contributed by atoms with E-state index < -0.39 is 0 Å². The molecule has 1 aliphatic heterocycles. The monoisotopic (exact) mass is 434 g/mol. The van der Waals surface area contributed by atoms with Crippen molar-refractivity contribution >= 4 is 28.6 Å². The molecule has 0 radical (unpaired) electrons. The average Bonchev–Trinajstić information content (AvgIpc) is 3.25. The van der Waals surface area contributed by atoms with Crippen LogP contribution in [0, 0.1) is 5.92 Å². The molecule has 0 aliphatic carbocycles. The van der Waals surface area contributed by atoms with Gasteiger partial charge in [-0.2, -0.15) is 11.8 Å². The number of carbonyl (C=O) groups is 1. The van der Waals surface area contributed by atoms with Crippen LogP contribution >= 0.6 is 11.8 Å². The first kappa shape index (κ1) is 22.0. The van der Waals surface area contributed by atoms with E-state index in [0.717, 1.165) is 35.3 Å². The molecule has 2 aromatic carbocycles. The average molecular weight is 435 g/mol. The smallest absolute Gasteiger partial charge is 0.256 e. The first-order valence-corrected chi connectivity index (χ1v) is 12.6. The molecule has 164 valence electrons. The predicted molar refractivity (Wildman–Crippen MR) is 133 cm³/mol. The minimum atomic E-state index is 0.123. The second kappa shape index (κ2) is 9.52. The molecule has 0 spiro atoms. The van der Waals surface area contributed by atoms with Gasteiger partial charge in [0.25, 0.3) is 5.91 Å². The highest BCUT2D eigenvalue weighted by atomic mass is 32.2. The van der Waals surface area contributed by atoms with Crippen molar-refractivity contribution in [1.82, 2.24) is 9.88 Å². The molecular formula is C27H34N2OS. The van der Waals surface area contributed by atoms with Crippen LogP contribution in [-0.4, -0.2) is 33.8 Å². The van der Waals surface area contributed by atoms with Crippen molar-refractivity contribution in [1.29, 1.82) is 0 Å². The zero-order valence-electron chi connectivity index (χ0n) is 19.0. The maximum atomic E-state index is 13.7.